The Bertz CT molecular complexity index is 663. The maximum atomic E-state index is 12.4. The molecule has 1 fully saturated rings. The smallest absolute Gasteiger partial charge is 0.282 e. The molecule has 2 heterocycles. The molecule has 0 radical (unpaired) electrons. The van der Waals surface area contributed by atoms with Gasteiger partial charge in [0.25, 0.3) is 5.91 Å². The Morgan fingerprint density at radius 3 is 2.59 bits per heavy atom. The highest BCUT2D eigenvalue weighted by atomic mass is 32.1. The zero-order valence-corrected chi connectivity index (χ0v) is 13.6. The van der Waals surface area contributed by atoms with Crippen molar-refractivity contribution in [2.75, 3.05) is 38.2 Å². The van der Waals surface area contributed by atoms with E-state index in [9.17, 15) is 4.79 Å². The van der Waals surface area contributed by atoms with Gasteiger partial charge in [-0.3, -0.25) is 4.79 Å². The van der Waals surface area contributed by atoms with Crippen LogP contribution >= 0.6 is 11.3 Å². The van der Waals surface area contributed by atoms with Crippen molar-refractivity contribution in [1.29, 1.82) is 0 Å². The molecule has 6 heteroatoms. The van der Waals surface area contributed by atoms with E-state index >= 15 is 0 Å². The first-order valence-corrected chi connectivity index (χ1v) is 8.16. The highest BCUT2D eigenvalue weighted by Gasteiger charge is 2.25. The lowest BCUT2D eigenvalue weighted by molar-refractivity contribution is 0.0746. The molecule has 1 aromatic carbocycles. The number of para-hydroxylation sites is 2. The van der Waals surface area contributed by atoms with Crippen LogP contribution in [0.3, 0.4) is 0 Å². The number of anilines is 1. The molecule has 0 atom stereocenters. The normalized spacial score (nSPS) is 15.0. The van der Waals surface area contributed by atoms with Crippen LogP contribution in [0.4, 0.5) is 5.69 Å². The Balaban J connectivity index is 1.66. The number of hydrogen-bond acceptors (Lipinski definition) is 5. The molecule has 3 rings (SSSR count). The van der Waals surface area contributed by atoms with Gasteiger partial charge in [0.05, 0.1) is 12.8 Å². The number of nitrogens with zero attached hydrogens (tertiary/aromatic N) is 3. The fourth-order valence-electron chi connectivity index (χ4n) is 2.63. The molecule has 1 aromatic heterocycles. The number of aryl methyl sites for hydroxylation is 1. The van der Waals surface area contributed by atoms with Crippen molar-refractivity contribution in [2.45, 2.75) is 6.92 Å². The number of amides is 1. The second-order valence-electron chi connectivity index (χ2n) is 5.25. The maximum absolute atomic E-state index is 12.4. The molecule has 0 aliphatic carbocycles. The molecular weight excluding hydrogens is 298 g/mol. The summed E-state index contributed by atoms with van der Waals surface area (Å²) in [6.07, 6.45) is 0. The first-order chi connectivity index (χ1) is 10.7. The molecule has 1 saturated heterocycles. The summed E-state index contributed by atoms with van der Waals surface area (Å²) in [7, 11) is 1.68. The zero-order valence-electron chi connectivity index (χ0n) is 12.8. The van der Waals surface area contributed by atoms with Crippen molar-refractivity contribution >= 4 is 22.9 Å². The van der Waals surface area contributed by atoms with Gasteiger partial charge in [-0.25, -0.2) is 4.98 Å². The third-order valence-corrected chi connectivity index (χ3v) is 4.74. The van der Waals surface area contributed by atoms with Gasteiger partial charge in [0.15, 0.2) is 5.01 Å². The van der Waals surface area contributed by atoms with Crippen molar-refractivity contribution in [2.24, 2.45) is 0 Å². The third kappa shape index (κ3) is 2.92. The molecule has 1 aliphatic heterocycles. The Hall–Kier alpha value is -2.08. The van der Waals surface area contributed by atoms with Crippen LogP contribution in [0.5, 0.6) is 5.75 Å². The Morgan fingerprint density at radius 1 is 1.23 bits per heavy atom. The van der Waals surface area contributed by atoms with Crippen LogP contribution in [0.15, 0.2) is 29.6 Å². The summed E-state index contributed by atoms with van der Waals surface area (Å²) >= 11 is 1.42. The van der Waals surface area contributed by atoms with Gasteiger partial charge >= 0.3 is 0 Å². The van der Waals surface area contributed by atoms with E-state index in [1.54, 1.807) is 7.11 Å². The summed E-state index contributed by atoms with van der Waals surface area (Å²) in [5, 5.41) is 2.50. The van der Waals surface area contributed by atoms with Crippen molar-refractivity contribution in [3.05, 3.63) is 40.3 Å². The molecule has 22 heavy (non-hydrogen) atoms. The predicted molar refractivity (Wildman–Crippen MR) is 88.0 cm³/mol. The average molecular weight is 317 g/mol. The van der Waals surface area contributed by atoms with Crippen molar-refractivity contribution in [3.8, 4) is 5.75 Å². The lowest BCUT2D eigenvalue weighted by atomic mass is 10.2. The summed E-state index contributed by atoms with van der Waals surface area (Å²) in [5.41, 5.74) is 1.99. The van der Waals surface area contributed by atoms with Gasteiger partial charge in [-0.2, -0.15) is 0 Å². The number of thiazole rings is 1. The minimum Gasteiger partial charge on any atom is -0.495 e. The summed E-state index contributed by atoms with van der Waals surface area (Å²) < 4.78 is 5.41. The van der Waals surface area contributed by atoms with Crippen molar-refractivity contribution in [3.63, 3.8) is 0 Å². The molecule has 0 unspecified atom stereocenters. The predicted octanol–water partition coefficient (Wildman–Crippen LogP) is 2.42. The SMILES string of the molecule is COc1ccccc1N1CCN(C(=O)c2nc(C)cs2)CC1. The topological polar surface area (TPSA) is 45.7 Å². The molecule has 116 valence electrons. The highest BCUT2D eigenvalue weighted by Crippen LogP contribution is 2.28. The Labute approximate surface area is 134 Å². The summed E-state index contributed by atoms with van der Waals surface area (Å²) in [6, 6.07) is 7.99. The van der Waals surface area contributed by atoms with Crippen LogP contribution < -0.4 is 9.64 Å². The minimum atomic E-state index is 0.0396. The number of aromatic nitrogens is 1. The van der Waals surface area contributed by atoms with E-state index in [1.165, 1.54) is 11.3 Å². The minimum absolute atomic E-state index is 0.0396. The van der Waals surface area contributed by atoms with E-state index in [0.717, 1.165) is 30.2 Å². The van der Waals surface area contributed by atoms with E-state index in [-0.39, 0.29) is 5.91 Å². The van der Waals surface area contributed by atoms with E-state index in [1.807, 2.05) is 35.4 Å². The lowest BCUT2D eigenvalue weighted by Gasteiger charge is -2.36. The second-order valence-corrected chi connectivity index (χ2v) is 6.10. The fraction of sp³-hybridized carbons (Fsp3) is 0.375. The summed E-state index contributed by atoms with van der Waals surface area (Å²) in [5.74, 6) is 0.913. The maximum Gasteiger partial charge on any atom is 0.282 e. The Morgan fingerprint density at radius 2 is 1.95 bits per heavy atom. The molecule has 1 aliphatic rings. The number of piperazine rings is 1. The van der Waals surface area contributed by atoms with Gasteiger partial charge < -0.3 is 14.5 Å². The summed E-state index contributed by atoms with van der Waals surface area (Å²) in [6.45, 7) is 4.92. The van der Waals surface area contributed by atoms with Crippen molar-refractivity contribution in [1.82, 2.24) is 9.88 Å². The van der Waals surface area contributed by atoms with Gasteiger partial charge in [0, 0.05) is 37.3 Å². The monoisotopic (exact) mass is 317 g/mol. The number of ether oxygens (including phenoxy) is 1. The van der Waals surface area contributed by atoms with E-state index < -0.39 is 0 Å². The van der Waals surface area contributed by atoms with Gasteiger partial charge in [-0.15, -0.1) is 11.3 Å². The van der Waals surface area contributed by atoms with Crippen LogP contribution in [0, 0.1) is 6.92 Å². The molecule has 0 N–H and O–H groups in total. The molecule has 2 aromatic rings. The van der Waals surface area contributed by atoms with Gasteiger partial charge in [0.2, 0.25) is 0 Å². The quantitative estimate of drug-likeness (QED) is 0.872. The number of carbonyl (C=O) groups excluding carboxylic acids is 1. The van der Waals surface area contributed by atoms with Crippen molar-refractivity contribution < 1.29 is 9.53 Å². The first-order valence-electron chi connectivity index (χ1n) is 7.28. The molecule has 1 amide bonds. The number of carbonyl (C=O) groups is 1. The number of methoxy groups -OCH3 is 1. The first kappa shape index (κ1) is 14.8. The Kier molecular flexibility index (Phi) is 4.29. The van der Waals surface area contributed by atoms with E-state index in [4.69, 9.17) is 4.74 Å². The molecule has 0 spiro atoms. The molecular formula is C16H19N3O2S. The standard InChI is InChI=1S/C16H19N3O2S/c1-12-11-22-15(17-12)16(20)19-9-7-18(8-10-19)13-5-3-4-6-14(13)21-2/h3-6,11H,7-10H2,1-2H3. The highest BCUT2D eigenvalue weighted by molar-refractivity contribution is 7.11. The van der Waals surface area contributed by atoms with Gasteiger partial charge in [-0.05, 0) is 19.1 Å². The number of benzene rings is 1. The largest absolute Gasteiger partial charge is 0.495 e. The van der Waals surface area contributed by atoms with E-state index in [2.05, 4.69) is 16.0 Å². The van der Waals surface area contributed by atoms with Gasteiger partial charge in [-0.1, -0.05) is 12.1 Å². The molecule has 0 saturated carbocycles. The number of hydrogen-bond donors (Lipinski definition) is 0. The second kappa shape index (κ2) is 6.36. The third-order valence-electron chi connectivity index (χ3n) is 3.79. The lowest BCUT2D eigenvalue weighted by Crippen LogP contribution is -2.48. The average Bonchev–Trinajstić information content (AvgIpc) is 3.01. The van der Waals surface area contributed by atoms with Crippen LogP contribution in [-0.4, -0.2) is 49.1 Å². The molecule has 5 nitrogen and oxygen atoms in total. The van der Waals surface area contributed by atoms with Crippen LogP contribution in [-0.2, 0) is 0 Å². The summed E-state index contributed by atoms with van der Waals surface area (Å²) in [4.78, 5) is 20.8. The van der Waals surface area contributed by atoms with Gasteiger partial charge in [0.1, 0.15) is 5.75 Å². The van der Waals surface area contributed by atoms with Crippen LogP contribution in [0.2, 0.25) is 0 Å². The fourth-order valence-corrected chi connectivity index (χ4v) is 3.39. The van der Waals surface area contributed by atoms with E-state index in [0.29, 0.717) is 18.1 Å². The molecule has 0 bridgehead atoms. The zero-order chi connectivity index (χ0) is 15.5. The van der Waals surface area contributed by atoms with Crippen LogP contribution in [0.25, 0.3) is 0 Å². The van der Waals surface area contributed by atoms with Crippen LogP contribution in [0.1, 0.15) is 15.5 Å². The number of rotatable bonds is 3.